The molecule has 0 aliphatic carbocycles. The van der Waals surface area contributed by atoms with Gasteiger partial charge in [0.15, 0.2) is 0 Å². The lowest BCUT2D eigenvalue weighted by molar-refractivity contribution is 0.505. The summed E-state index contributed by atoms with van der Waals surface area (Å²) in [7, 11) is 6.00. The van der Waals surface area contributed by atoms with Gasteiger partial charge < -0.3 is 4.90 Å². The van der Waals surface area contributed by atoms with Gasteiger partial charge >= 0.3 is 0 Å². The SMILES string of the molecule is CN(C)C.c1ccsc1. The first-order chi connectivity index (χ1) is 4.23. The van der Waals surface area contributed by atoms with Crippen LogP contribution in [0.1, 0.15) is 0 Å². The van der Waals surface area contributed by atoms with Gasteiger partial charge in [0, 0.05) is 0 Å². The highest BCUT2D eigenvalue weighted by atomic mass is 32.1. The van der Waals surface area contributed by atoms with Gasteiger partial charge in [-0.15, -0.1) is 0 Å². The predicted molar refractivity (Wildman–Crippen MR) is 43.9 cm³/mol. The summed E-state index contributed by atoms with van der Waals surface area (Å²) in [6.07, 6.45) is 0. The van der Waals surface area contributed by atoms with E-state index in [0.717, 1.165) is 0 Å². The Kier molecular flexibility index (Phi) is 5.57. The molecule has 0 aromatic carbocycles. The molecular formula is C7H13NS. The van der Waals surface area contributed by atoms with E-state index in [1.165, 1.54) is 0 Å². The van der Waals surface area contributed by atoms with Crippen molar-refractivity contribution < 1.29 is 0 Å². The predicted octanol–water partition coefficient (Wildman–Crippen LogP) is 1.93. The molecule has 0 fully saturated rings. The minimum Gasteiger partial charge on any atom is -0.312 e. The second kappa shape index (κ2) is 5.79. The van der Waals surface area contributed by atoms with Crippen molar-refractivity contribution >= 4 is 11.3 Å². The van der Waals surface area contributed by atoms with Gasteiger partial charge in [0.1, 0.15) is 0 Å². The average molecular weight is 143 g/mol. The molecule has 1 rings (SSSR count). The first kappa shape index (κ1) is 8.66. The van der Waals surface area contributed by atoms with Gasteiger partial charge in [-0.25, -0.2) is 0 Å². The average Bonchev–Trinajstić information content (AvgIpc) is 2.11. The number of nitrogens with zero attached hydrogens (tertiary/aromatic N) is 1. The Bertz CT molecular complexity index is 92.5. The van der Waals surface area contributed by atoms with Crippen LogP contribution >= 0.6 is 11.3 Å². The van der Waals surface area contributed by atoms with Gasteiger partial charge in [-0.05, 0) is 31.9 Å². The van der Waals surface area contributed by atoms with E-state index < -0.39 is 0 Å². The zero-order valence-electron chi connectivity index (χ0n) is 6.16. The van der Waals surface area contributed by atoms with Crippen LogP contribution in [0.2, 0.25) is 0 Å². The highest BCUT2D eigenvalue weighted by Crippen LogP contribution is 1.91. The zero-order chi connectivity index (χ0) is 7.11. The molecule has 0 saturated heterocycles. The molecule has 1 heterocycles. The Morgan fingerprint density at radius 2 is 1.33 bits per heavy atom. The van der Waals surface area contributed by atoms with Crippen LogP contribution in [0.3, 0.4) is 0 Å². The zero-order valence-corrected chi connectivity index (χ0v) is 6.98. The van der Waals surface area contributed by atoms with Gasteiger partial charge in [-0.1, -0.05) is 12.1 Å². The Morgan fingerprint density at radius 1 is 1.00 bits per heavy atom. The van der Waals surface area contributed by atoms with Crippen LogP contribution in [0.25, 0.3) is 0 Å². The quantitative estimate of drug-likeness (QED) is 0.536. The van der Waals surface area contributed by atoms with Crippen molar-refractivity contribution in [3.05, 3.63) is 22.9 Å². The third-order valence-corrected chi connectivity index (χ3v) is 1.05. The molecule has 0 amide bonds. The van der Waals surface area contributed by atoms with Crippen molar-refractivity contribution in [1.82, 2.24) is 4.90 Å². The fourth-order valence-electron chi connectivity index (χ4n) is 0.227. The molecule has 0 saturated carbocycles. The van der Waals surface area contributed by atoms with Crippen molar-refractivity contribution in [3.8, 4) is 0 Å². The van der Waals surface area contributed by atoms with Crippen molar-refractivity contribution in [1.29, 1.82) is 0 Å². The summed E-state index contributed by atoms with van der Waals surface area (Å²) in [6, 6.07) is 4.04. The first-order valence-electron chi connectivity index (χ1n) is 2.81. The maximum Gasteiger partial charge on any atom is -0.00934 e. The molecule has 0 unspecified atom stereocenters. The standard InChI is InChI=1S/C4H4S.C3H9N/c1-2-4-5-3-1;1-4(2)3/h1-4H;1-3H3. The minimum atomic E-state index is 1.71. The number of hydrogen-bond acceptors (Lipinski definition) is 2. The molecule has 9 heavy (non-hydrogen) atoms. The maximum absolute atomic E-state index is 2.04. The fourth-order valence-corrected chi connectivity index (χ4v) is 0.680. The lowest BCUT2D eigenvalue weighted by atomic mass is 10.7. The first-order valence-corrected chi connectivity index (χ1v) is 3.76. The van der Waals surface area contributed by atoms with Crippen LogP contribution in [-0.2, 0) is 0 Å². The number of rotatable bonds is 0. The van der Waals surface area contributed by atoms with E-state index in [1.54, 1.807) is 11.3 Å². The van der Waals surface area contributed by atoms with E-state index in [-0.39, 0.29) is 0 Å². The molecule has 0 aliphatic heterocycles. The van der Waals surface area contributed by atoms with Crippen LogP contribution < -0.4 is 0 Å². The molecule has 0 spiro atoms. The Morgan fingerprint density at radius 3 is 1.44 bits per heavy atom. The van der Waals surface area contributed by atoms with E-state index in [2.05, 4.69) is 0 Å². The molecule has 0 radical (unpaired) electrons. The highest BCUT2D eigenvalue weighted by molar-refractivity contribution is 7.07. The summed E-state index contributed by atoms with van der Waals surface area (Å²) in [5, 5.41) is 4.08. The minimum absolute atomic E-state index is 1.71. The van der Waals surface area contributed by atoms with Crippen molar-refractivity contribution in [2.24, 2.45) is 0 Å². The van der Waals surface area contributed by atoms with E-state index >= 15 is 0 Å². The van der Waals surface area contributed by atoms with Crippen LogP contribution in [0.15, 0.2) is 22.9 Å². The van der Waals surface area contributed by atoms with Crippen LogP contribution in [0.5, 0.6) is 0 Å². The molecule has 0 N–H and O–H groups in total. The molecule has 0 bridgehead atoms. The molecule has 1 nitrogen and oxygen atoms in total. The van der Waals surface area contributed by atoms with Gasteiger partial charge in [0.2, 0.25) is 0 Å². The summed E-state index contributed by atoms with van der Waals surface area (Å²) >= 11 is 1.71. The molecule has 0 aliphatic rings. The highest BCUT2D eigenvalue weighted by Gasteiger charge is 1.58. The normalized spacial score (nSPS) is 8.44. The molecule has 1 aromatic heterocycles. The van der Waals surface area contributed by atoms with Crippen LogP contribution in [0, 0.1) is 0 Å². The van der Waals surface area contributed by atoms with E-state index in [9.17, 15) is 0 Å². The monoisotopic (exact) mass is 143 g/mol. The maximum atomic E-state index is 2.04. The van der Waals surface area contributed by atoms with E-state index in [0.29, 0.717) is 0 Å². The van der Waals surface area contributed by atoms with Crippen molar-refractivity contribution in [2.75, 3.05) is 21.1 Å². The smallest absolute Gasteiger partial charge is 0.00934 e. The summed E-state index contributed by atoms with van der Waals surface area (Å²) in [6.45, 7) is 0. The molecule has 52 valence electrons. The molecule has 2 heteroatoms. The van der Waals surface area contributed by atoms with Gasteiger partial charge in [-0.3, -0.25) is 0 Å². The molecule has 1 aromatic rings. The topological polar surface area (TPSA) is 3.24 Å². The lowest BCUT2D eigenvalue weighted by Gasteiger charge is -1.90. The summed E-state index contributed by atoms with van der Waals surface area (Å²) in [5.74, 6) is 0. The summed E-state index contributed by atoms with van der Waals surface area (Å²) in [4.78, 5) is 2.00. The van der Waals surface area contributed by atoms with E-state index in [4.69, 9.17) is 0 Å². The molecule has 0 atom stereocenters. The lowest BCUT2D eigenvalue weighted by Crippen LogP contribution is -1.99. The van der Waals surface area contributed by atoms with Crippen LogP contribution in [-0.4, -0.2) is 26.0 Å². The Labute approximate surface area is 60.9 Å². The second-order valence-corrected chi connectivity index (χ2v) is 2.95. The fraction of sp³-hybridized carbons (Fsp3) is 0.429. The third kappa shape index (κ3) is 11.3. The second-order valence-electron chi connectivity index (χ2n) is 2.13. The molecular weight excluding hydrogens is 130 g/mol. The summed E-state index contributed by atoms with van der Waals surface area (Å²) < 4.78 is 0. The van der Waals surface area contributed by atoms with Gasteiger partial charge in [0.05, 0.1) is 0 Å². The van der Waals surface area contributed by atoms with Crippen molar-refractivity contribution in [3.63, 3.8) is 0 Å². The largest absolute Gasteiger partial charge is 0.312 e. The Balaban J connectivity index is 0.000000148. The van der Waals surface area contributed by atoms with Gasteiger partial charge in [0.25, 0.3) is 0 Å². The number of thiophene rings is 1. The Hall–Kier alpha value is -0.340. The number of hydrogen-bond donors (Lipinski definition) is 0. The van der Waals surface area contributed by atoms with Crippen molar-refractivity contribution in [2.45, 2.75) is 0 Å². The summed E-state index contributed by atoms with van der Waals surface area (Å²) in [5.41, 5.74) is 0. The van der Waals surface area contributed by atoms with E-state index in [1.807, 2.05) is 48.9 Å². The third-order valence-electron chi connectivity index (χ3n) is 0.425. The van der Waals surface area contributed by atoms with Gasteiger partial charge in [-0.2, -0.15) is 11.3 Å². The van der Waals surface area contributed by atoms with Crippen LogP contribution in [0.4, 0.5) is 0 Å².